The number of ether oxygens (including phenoxy) is 1. The van der Waals surface area contributed by atoms with Crippen molar-refractivity contribution < 1.29 is 13.5 Å². The number of rotatable bonds is 4. The number of hydrogen-bond acceptors (Lipinski definition) is 3. The van der Waals surface area contributed by atoms with E-state index in [-0.39, 0.29) is 11.9 Å². The maximum Gasteiger partial charge on any atom is 0.162 e. The van der Waals surface area contributed by atoms with Crippen molar-refractivity contribution in [3.05, 3.63) is 29.8 Å². The van der Waals surface area contributed by atoms with Gasteiger partial charge in [-0.3, -0.25) is 0 Å². The second kappa shape index (κ2) is 5.11. The van der Waals surface area contributed by atoms with E-state index in [2.05, 4.69) is 0 Å². The van der Waals surface area contributed by atoms with E-state index in [0.717, 1.165) is 12.1 Å². The van der Waals surface area contributed by atoms with Crippen LogP contribution in [-0.2, 0) is 0 Å². The number of nitrogens with two attached hydrogens (primary N) is 1. The van der Waals surface area contributed by atoms with Crippen LogP contribution in [0.5, 0.6) is 5.75 Å². The zero-order valence-electron chi connectivity index (χ0n) is 9.71. The van der Waals surface area contributed by atoms with Gasteiger partial charge in [0, 0.05) is 12.5 Å². The zero-order valence-corrected chi connectivity index (χ0v) is 9.71. The smallest absolute Gasteiger partial charge is 0.162 e. The van der Waals surface area contributed by atoms with E-state index in [4.69, 9.17) is 15.7 Å². The summed E-state index contributed by atoms with van der Waals surface area (Å²) in [5.74, 6) is -1.68. The molecule has 17 heavy (non-hydrogen) atoms. The molecule has 0 fully saturated rings. The van der Waals surface area contributed by atoms with Gasteiger partial charge >= 0.3 is 0 Å². The van der Waals surface area contributed by atoms with Gasteiger partial charge in [0.15, 0.2) is 11.6 Å². The van der Waals surface area contributed by atoms with Gasteiger partial charge < -0.3 is 10.5 Å². The Morgan fingerprint density at radius 3 is 2.65 bits per heavy atom. The Balaban J connectivity index is 2.66. The minimum Gasteiger partial charge on any atom is -0.491 e. The molecule has 0 heterocycles. The van der Waals surface area contributed by atoms with E-state index in [9.17, 15) is 8.78 Å². The van der Waals surface area contributed by atoms with Gasteiger partial charge in [0.1, 0.15) is 11.3 Å². The molecule has 92 valence electrons. The van der Waals surface area contributed by atoms with Gasteiger partial charge in [-0.15, -0.1) is 0 Å². The molecular formula is C12H14F2N2O. The largest absolute Gasteiger partial charge is 0.491 e. The number of nitriles is 1. The van der Waals surface area contributed by atoms with Crippen LogP contribution in [0.15, 0.2) is 18.2 Å². The third kappa shape index (κ3) is 4.00. The summed E-state index contributed by atoms with van der Waals surface area (Å²) in [6.07, 6.45) is -0.0721. The van der Waals surface area contributed by atoms with E-state index in [0.29, 0.717) is 6.42 Å². The Morgan fingerprint density at radius 1 is 1.47 bits per heavy atom. The van der Waals surface area contributed by atoms with Crippen molar-refractivity contribution in [3.8, 4) is 11.8 Å². The second-order valence-electron chi connectivity index (χ2n) is 4.24. The van der Waals surface area contributed by atoms with Crippen LogP contribution in [-0.4, -0.2) is 11.6 Å². The minimum absolute atomic E-state index is 0.213. The summed E-state index contributed by atoms with van der Waals surface area (Å²) in [4.78, 5) is 0. The Bertz CT molecular complexity index is 441. The van der Waals surface area contributed by atoms with Crippen molar-refractivity contribution in [2.45, 2.75) is 31.9 Å². The fraction of sp³-hybridized carbons (Fsp3) is 0.417. The Morgan fingerprint density at radius 2 is 2.12 bits per heavy atom. The predicted molar refractivity (Wildman–Crippen MR) is 59.3 cm³/mol. The van der Waals surface area contributed by atoms with Crippen molar-refractivity contribution in [2.75, 3.05) is 0 Å². The summed E-state index contributed by atoms with van der Waals surface area (Å²) in [6.45, 7) is 3.29. The molecule has 2 N–H and O–H groups in total. The normalized spacial score (nSPS) is 15.8. The monoisotopic (exact) mass is 240 g/mol. The fourth-order valence-electron chi connectivity index (χ4n) is 1.47. The third-order valence-electron chi connectivity index (χ3n) is 2.20. The van der Waals surface area contributed by atoms with Crippen LogP contribution >= 0.6 is 0 Å². The summed E-state index contributed by atoms with van der Waals surface area (Å²) < 4.78 is 30.9. The average Bonchev–Trinajstić information content (AvgIpc) is 2.23. The van der Waals surface area contributed by atoms with E-state index in [1.807, 2.05) is 6.07 Å². The molecule has 0 spiro atoms. The van der Waals surface area contributed by atoms with Crippen molar-refractivity contribution >= 4 is 0 Å². The van der Waals surface area contributed by atoms with Gasteiger partial charge in [0.25, 0.3) is 0 Å². The summed E-state index contributed by atoms with van der Waals surface area (Å²) in [5, 5.41) is 8.75. The molecule has 0 radical (unpaired) electrons. The van der Waals surface area contributed by atoms with E-state index < -0.39 is 17.2 Å². The number of halogens is 2. The highest BCUT2D eigenvalue weighted by molar-refractivity contribution is 5.24. The van der Waals surface area contributed by atoms with Crippen LogP contribution < -0.4 is 10.5 Å². The van der Waals surface area contributed by atoms with Gasteiger partial charge in [-0.25, -0.2) is 8.78 Å². The van der Waals surface area contributed by atoms with Crippen LogP contribution in [0.25, 0.3) is 0 Å². The van der Waals surface area contributed by atoms with Gasteiger partial charge in [0.2, 0.25) is 0 Å². The third-order valence-corrected chi connectivity index (χ3v) is 2.20. The van der Waals surface area contributed by atoms with Crippen LogP contribution in [0, 0.1) is 23.0 Å². The molecule has 0 aromatic heterocycles. The lowest BCUT2D eigenvalue weighted by Crippen LogP contribution is -2.38. The maximum atomic E-state index is 12.9. The second-order valence-corrected chi connectivity index (χ2v) is 4.24. The first-order valence-electron chi connectivity index (χ1n) is 5.16. The molecule has 0 saturated carbocycles. The Kier molecular flexibility index (Phi) is 4.02. The molecule has 0 aliphatic rings. The highest BCUT2D eigenvalue weighted by Gasteiger charge is 2.22. The summed E-state index contributed by atoms with van der Waals surface area (Å²) >= 11 is 0. The predicted octanol–water partition coefficient (Wildman–Crippen LogP) is 2.36. The Hall–Kier alpha value is -1.67. The molecule has 0 aliphatic heterocycles. The number of hydrogen-bond donors (Lipinski definition) is 1. The summed E-state index contributed by atoms with van der Waals surface area (Å²) in [7, 11) is 0. The molecule has 2 atom stereocenters. The topological polar surface area (TPSA) is 59.0 Å². The molecular weight excluding hydrogens is 226 g/mol. The number of nitrogens with zero attached hydrogens (tertiary/aromatic N) is 1. The first-order valence-corrected chi connectivity index (χ1v) is 5.16. The Labute approximate surface area is 98.8 Å². The number of benzene rings is 1. The molecule has 1 rings (SSSR count). The van der Waals surface area contributed by atoms with Crippen molar-refractivity contribution in [2.24, 2.45) is 5.73 Å². The molecule has 0 saturated heterocycles. The van der Waals surface area contributed by atoms with Crippen LogP contribution in [0.1, 0.15) is 20.3 Å². The molecule has 2 unspecified atom stereocenters. The molecule has 1 aromatic rings. The zero-order chi connectivity index (χ0) is 13.1. The van der Waals surface area contributed by atoms with Gasteiger partial charge in [-0.05, 0) is 26.0 Å². The molecule has 0 aliphatic carbocycles. The molecule has 0 bridgehead atoms. The maximum absolute atomic E-state index is 12.9. The minimum atomic E-state index is -1.00. The van der Waals surface area contributed by atoms with E-state index >= 15 is 0 Å². The quantitative estimate of drug-likeness (QED) is 0.878. The van der Waals surface area contributed by atoms with Crippen LogP contribution in [0.4, 0.5) is 8.78 Å². The first-order chi connectivity index (χ1) is 7.84. The molecule has 5 heteroatoms. The highest BCUT2D eigenvalue weighted by atomic mass is 19.2. The van der Waals surface area contributed by atoms with Gasteiger partial charge in [0.05, 0.1) is 12.2 Å². The van der Waals surface area contributed by atoms with Crippen molar-refractivity contribution in [1.29, 1.82) is 5.26 Å². The van der Waals surface area contributed by atoms with Crippen molar-refractivity contribution in [1.82, 2.24) is 0 Å². The average molecular weight is 240 g/mol. The lowest BCUT2D eigenvalue weighted by molar-refractivity contribution is 0.190. The lowest BCUT2D eigenvalue weighted by atomic mass is 9.98. The highest BCUT2D eigenvalue weighted by Crippen LogP contribution is 2.19. The molecule has 3 nitrogen and oxygen atoms in total. The SMILES string of the molecule is CC(CC(C)(N)C#N)Oc1ccc(F)c(F)c1. The summed E-state index contributed by atoms with van der Waals surface area (Å²) in [5.41, 5.74) is 4.65. The molecule has 0 amide bonds. The fourth-order valence-corrected chi connectivity index (χ4v) is 1.47. The lowest BCUT2D eigenvalue weighted by Gasteiger charge is -2.21. The molecule has 1 aromatic carbocycles. The van der Waals surface area contributed by atoms with E-state index in [1.54, 1.807) is 13.8 Å². The standard InChI is InChI=1S/C12H14F2N2O/c1-8(6-12(2,16)7-15)17-9-3-4-10(13)11(14)5-9/h3-5,8H,6,16H2,1-2H3. The van der Waals surface area contributed by atoms with Crippen LogP contribution in [0.3, 0.4) is 0 Å². The van der Waals surface area contributed by atoms with E-state index in [1.165, 1.54) is 6.07 Å². The van der Waals surface area contributed by atoms with Gasteiger partial charge in [-0.2, -0.15) is 5.26 Å². The first kappa shape index (κ1) is 13.4. The summed E-state index contributed by atoms with van der Waals surface area (Å²) in [6, 6.07) is 5.22. The van der Waals surface area contributed by atoms with Crippen molar-refractivity contribution in [3.63, 3.8) is 0 Å². The van der Waals surface area contributed by atoms with Gasteiger partial charge in [-0.1, -0.05) is 0 Å². The van der Waals surface area contributed by atoms with Crippen LogP contribution in [0.2, 0.25) is 0 Å².